The van der Waals surface area contributed by atoms with Gasteiger partial charge in [-0.1, -0.05) is 27.5 Å². The van der Waals surface area contributed by atoms with Gasteiger partial charge in [-0.05, 0) is 57.5 Å². The number of hydrogen-bond acceptors (Lipinski definition) is 2. The zero-order valence-corrected chi connectivity index (χ0v) is 13.3. The van der Waals surface area contributed by atoms with Gasteiger partial charge in [0.15, 0.2) is 0 Å². The fourth-order valence-electron chi connectivity index (χ4n) is 2.59. The summed E-state index contributed by atoms with van der Waals surface area (Å²) >= 11 is 9.70. The molecule has 2 rings (SSSR count). The van der Waals surface area contributed by atoms with E-state index in [1.165, 1.54) is 25.9 Å². The Morgan fingerprint density at radius 3 is 3.00 bits per heavy atom. The van der Waals surface area contributed by atoms with Gasteiger partial charge in [0.25, 0.3) is 0 Å². The fraction of sp³-hybridized carbons (Fsp3) is 0.571. The van der Waals surface area contributed by atoms with Crippen molar-refractivity contribution in [3.8, 4) is 0 Å². The van der Waals surface area contributed by atoms with Crippen molar-refractivity contribution in [3.63, 3.8) is 0 Å². The monoisotopic (exact) mass is 330 g/mol. The first-order valence-corrected chi connectivity index (χ1v) is 7.63. The molecule has 0 bridgehead atoms. The molecule has 0 aliphatic carbocycles. The Bertz CT molecular complexity index is 411. The van der Waals surface area contributed by atoms with Crippen LogP contribution in [0.2, 0.25) is 5.02 Å². The number of hydrogen-bond donors (Lipinski definition) is 1. The summed E-state index contributed by atoms with van der Waals surface area (Å²) in [5.41, 5.74) is 1.02. The van der Waals surface area contributed by atoms with E-state index in [0.717, 1.165) is 15.2 Å². The van der Waals surface area contributed by atoms with Crippen LogP contribution in [0.1, 0.15) is 19.8 Å². The quantitative estimate of drug-likeness (QED) is 0.891. The van der Waals surface area contributed by atoms with Crippen LogP contribution in [0, 0.1) is 5.92 Å². The van der Waals surface area contributed by atoms with Crippen molar-refractivity contribution in [2.24, 2.45) is 5.92 Å². The van der Waals surface area contributed by atoms with Crippen LogP contribution in [-0.2, 0) is 0 Å². The van der Waals surface area contributed by atoms with Crippen LogP contribution in [0.15, 0.2) is 22.7 Å². The van der Waals surface area contributed by atoms with Crippen LogP contribution in [0.4, 0.5) is 5.69 Å². The highest BCUT2D eigenvalue weighted by Crippen LogP contribution is 2.28. The maximum atomic E-state index is 6.21. The molecule has 0 amide bonds. The summed E-state index contributed by atoms with van der Waals surface area (Å²) in [6.45, 7) is 4.64. The van der Waals surface area contributed by atoms with E-state index in [1.54, 1.807) is 0 Å². The van der Waals surface area contributed by atoms with Gasteiger partial charge in [0.2, 0.25) is 0 Å². The van der Waals surface area contributed by atoms with Crippen LogP contribution in [-0.4, -0.2) is 31.1 Å². The summed E-state index contributed by atoms with van der Waals surface area (Å²) in [6.07, 6.45) is 2.59. The molecule has 0 spiro atoms. The number of halogens is 2. The molecule has 1 fully saturated rings. The Kier molecular flexibility index (Phi) is 4.93. The first-order chi connectivity index (χ1) is 8.56. The standard InChI is InChI=1S/C14H20BrClN2/c1-10(11-4-3-7-18(2)9-11)17-14-8-12(15)5-6-13(14)16/h5-6,8,10-11,17H,3-4,7,9H2,1-2H3. The minimum atomic E-state index is 0.444. The smallest absolute Gasteiger partial charge is 0.0638 e. The highest BCUT2D eigenvalue weighted by Gasteiger charge is 2.23. The molecule has 2 unspecified atom stereocenters. The van der Waals surface area contributed by atoms with Crippen molar-refractivity contribution >= 4 is 33.2 Å². The predicted octanol–water partition coefficient (Wildman–Crippen LogP) is 4.24. The molecule has 1 aromatic carbocycles. The summed E-state index contributed by atoms with van der Waals surface area (Å²) in [6, 6.07) is 6.38. The summed E-state index contributed by atoms with van der Waals surface area (Å²) in [4.78, 5) is 2.41. The lowest BCUT2D eigenvalue weighted by Crippen LogP contribution is -2.39. The second kappa shape index (κ2) is 6.27. The van der Waals surface area contributed by atoms with E-state index in [2.05, 4.69) is 40.1 Å². The fourth-order valence-corrected chi connectivity index (χ4v) is 3.12. The van der Waals surface area contributed by atoms with Crippen LogP contribution >= 0.6 is 27.5 Å². The van der Waals surface area contributed by atoms with Crippen LogP contribution in [0.5, 0.6) is 0 Å². The molecule has 1 heterocycles. The molecule has 1 aliphatic rings. The third-order valence-corrected chi connectivity index (χ3v) is 4.50. The van der Waals surface area contributed by atoms with Gasteiger partial charge < -0.3 is 10.2 Å². The Balaban J connectivity index is 2.01. The highest BCUT2D eigenvalue weighted by atomic mass is 79.9. The van der Waals surface area contributed by atoms with Gasteiger partial charge in [-0.25, -0.2) is 0 Å². The average molecular weight is 332 g/mol. The zero-order chi connectivity index (χ0) is 13.1. The first kappa shape index (κ1) is 14.2. The molecule has 2 atom stereocenters. The maximum absolute atomic E-state index is 6.21. The van der Waals surface area contributed by atoms with Crippen molar-refractivity contribution in [2.75, 3.05) is 25.5 Å². The minimum Gasteiger partial charge on any atom is -0.381 e. The summed E-state index contributed by atoms with van der Waals surface area (Å²) in [7, 11) is 2.20. The van der Waals surface area contributed by atoms with Gasteiger partial charge in [0.05, 0.1) is 10.7 Å². The van der Waals surface area contributed by atoms with E-state index in [4.69, 9.17) is 11.6 Å². The number of nitrogens with zero attached hydrogens (tertiary/aromatic N) is 1. The largest absolute Gasteiger partial charge is 0.381 e. The zero-order valence-electron chi connectivity index (χ0n) is 10.9. The van der Waals surface area contributed by atoms with Crippen LogP contribution < -0.4 is 5.32 Å². The van der Waals surface area contributed by atoms with E-state index in [9.17, 15) is 0 Å². The molecule has 0 saturated carbocycles. The Morgan fingerprint density at radius 1 is 1.50 bits per heavy atom. The van der Waals surface area contributed by atoms with E-state index in [1.807, 2.05) is 18.2 Å². The third kappa shape index (κ3) is 3.62. The second-order valence-electron chi connectivity index (χ2n) is 5.22. The van der Waals surface area contributed by atoms with Crippen molar-refractivity contribution in [1.29, 1.82) is 0 Å². The molecule has 1 aromatic rings. The summed E-state index contributed by atoms with van der Waals surface area (Å²) < 4.78 is 1.06. The molecule has 1 N–H and O–H groups in total. The Hall–Kier alpha value is -0.250. The topological polar surface area (TPSA) is 15.3 Å². The minimum absolute atomic E-state index is 0.444. The van der Waals surface area contributed by atoms with Gasteiger partial charge in [-0.15, -0.1) is 0 Å². The number of piperidine rings is 1. The molecule has 18 heavy (non-hydrogen) atoms. The molecule has 0 aromatic heterocycles. The van der Waals surface area contributed by atoms with Gasteiger partial charge in [0.1, 0.15) is 0 Å². The van der Waals surface area contributed by atoms with Gasteiger partial charge >= 0.3 is 0 Å². The molecule has 1 aliphatic heterocycles. The van der Waals surface area contributed by atoms with E-state index in [-0.39, 0.29) is 0 Å². The summed E-state index contributed by atoms with van der Waals surface area (Å²) in [5, 5.41) is 4.34. The molecular weight excluding hydrogens is 312 g/mol. The lowest BCUT2D eigenvalue weighted by molar-refractivity contribution is 0.197. The molecule has 0 radical (unpaired) electrons. The molecular formula is C14H20BrClN2. The van der Waals surface area contributed by atoms with Crippen LogP contribution in [0.25, 0.3) is 0 Å². The lowest BCUT2D eigenvalue weighted by Gasteiger charge is -2.34. The first-order valence-electron chi connectivity index (χ1n) is 6.46. The molecule has 100 valence electrons. The van der Waals surface area contributed by atoms with Crippen molar-refractivity contribution in [3.05, 3.63) is 27.7 Å². The number of rotatable bonds is 3. The van der Waals surface area contributed by atoms with Crippen LogP contribution in [0.3, 0.4) is 0 Å². The molecule has 2 nitrogen and oxygen atoms in total. The summed E-state index contributed by atoms with van der Waals surface area (Å²) in [5.74, 6) is 0.693. The maximum Gasteiger partial charge on any atom is 0.0638 e. The number of likely N-dealkylation sites (tertiary alicyclic amines) is 1. The van der Waals surface area contributed by atoms with E-state index < -0.39 is 0 Å². The molecule has 4 heteroatoms. The lowest BCUT2D eigenvalue weighted by atomic mass is 9.92. The Morgan fingerprint density at radius 2 is 2.28 bits per heavy atom. The van der Waals surface area contributed by atoms with Gasteiger partial charge in [-0.3, -0.25) is 0 Å². The average Bonchev–Trinajstić information content (AvgIpc) is 2.34. The van der Waals surface area contributed by atoms with Crippen molar-refractivity contribution in [2.45, 2.75) is 25.8 Å². The second-order valence-corrected chi connectivity index (χ2v) is 6.54. The number of anilines is 1. The van der Waals surface area contributed by atoms with Gasteiger partial charge in [0, 0.05) is 17.1 Å². The number of nitrogens with one attached hydrogen (secondary N) is 1. The van der Waals surface area contributed by atoms with Crippen molar-refractivity contribution < 1.29 is 0 Å². The predicted molar refractivity (Wildman–Crippen MR) is 82.5 cm³/mol. The Labute approximate surface area is 123 Å². The SMILES string of the molecule is CC(Nc1cc(Br)ccc1Cl)C1CCCN(C)C1. The van der Waals surface area contributed by atoms with E-state index in [0.29, 0.717) is 12.0 Å². The van der Waals surface area contributed by atoms with E-state index >= 15 is 0 Å². The normalized spacial score (nSPS) is 22.8. The molecule has 1 saturated heterocycles. The third-order valence-electron chi connectivity index (χ3n) is 3.68. The highest BCUT2D eigenvalue weighted by molar-refractivity contribution is 9.10. The van der Waals surface area contributed by atoms with Gasteiger partial charge in [-0.2, -0.15) is 0 Å². The number of benzene rings is 1. The van der Waals surface area contributed by atoms with Crippen molar-refractivity contribution in [1.82, 2.24) is 4.90 Å².